The number of aromatic amines is 1. The molecule has 0 aliphatic rings. The van der Waals surface area contributed by atoms with E-state index in [4.69, 9.17) is 0 Å². The summed E-state index contributed by atoms with van der Waals surface area (Å²) in [4.78, 5) is 20.3. The fourth-order valence-corrected chi connectivity index (χ4v) is 3.70. The lowest BCUT2D eigenvalue weighted by Crippen LogP contribution is -2.20. The average molecular weight is 381 g/mol. The van der Waals surface area contributed by atoms with Crippen molar-refractivity contribution in [1.82, 2.24) is 24.3 Å². The van der Waals surface area contributed by atoms with E-state index in [9.17, 15) is 4.79 Å². The van der Waals surface area contributed by atoms with E-state index in [1.165, 1.54) is 0 Å². The van der Waals surface area contributed by atoms with Crippen molar-refractivity contribution in [3.05, 3.63) is 107 Å². The molecule has 6 heteroatoms. The minimum atomic E-state index is -0.151. The molecule has 0 fully saturated rings. The molecule has 142 valence electrons. The van der Waals surface area contributed by atoms with Crippen molar-refractivity contribution >= 4 is 10.9 Å². The quantitative estimate of drug-likeness (QED) is 0.502. The number of benzene rings is 2. The van der Waals surface area contributed by atoms with Gasteiger partial charge in [-0.25, -0.2) is 4.98 Å². The summed E-state index contributed by atoms with van der Waals surface area (Å²) in [5.74, 6) is 0.637. The second-order valence-electron chi connectivity index (χ2n) is 6.91. The summed E-state index contributed by atoms with van der Waals surface area (Å²) in [7, 11) is 0. The standard InChI is InChI=1S/C23H19N5O/c29-23-19(15-18-9-4-5-10-20(18)26-23)22-24-12-14-28(22)21(16-27-13-6-11-25-27)17-7-2-1-3-8-17/h1-15,21H,16H2,(H,26,29)/t21-/m0/s1. The van der Waals surface area contributed by atoms with Gasteiger partial charge in [-0.3, -0.25) is 9.48 Å². The first-order chi connectivity index (χ1) is 14.3. The van der Waals surface area contributed by atoms with Crippen molar-refractivity contribution in [3.8, 4) is 11.4 Å². The first kappa shape index (κ1) is 17.2. The van der Waals surface area contributed by atoms with Gasteiger partial charge < -0.3 is 9.55 Å². The zero-order valence-electron chi connectivity index (χ0n) is 15.6. The second-order valence-corrected chi connectivity index (χ2v) is 6.91. The van der Waals surface area contributed by atoms with Crippen LogP contribution in [0.15, 0.2) is 96.3 Å². The molecule has 3 aromatic heterocycles. The third-order valence-electron chi connectivity index (χ3n) is 5.10. The molecule has 5 rings (SSSR count). The Hall–Kier alpha value is -3.93. The number of aromatic nitrogens is 5. The van der Waals surface area contributed by atoms with Crippen molar-refractivity contribution in [1.29, 1.82) is 0 Å². The summed E-state index contributed by atoms with van der Waals surface area (Å²) >= 11 is 0. The number of nitrogens with one attached hydrogen (secondary N) is 1. The van der Waals surface area contributed by atoms with Crippen LogP contribution in [0.5, 0.6) is 0 Å². The highest BCUT2D eigenvalue weighted by Crippen LogP contribution is 2.26. The molecule has 0 bridgehead atoms. The molecule has 0 unspecified atom stereocenters. The summed E-state index contributed by atoms with van der Waals surface area (Å²) in [6, 6.07) is 21.7. The van der Waals surface area contributed by atoms with Gasteiger partial charge >= 0.3 is 0 Å². The molecule has 6 nitrogen and oxygen atoms in total. The summed E-state index contributed by atoms with van der Waals surface area (Å²) in [6.45, 7) is 0.631. The average Bonchev–Trinajstić information content (AvgIpc) is 3.44. The molecular weight excluding hydrogens is 362 g/mol. The van der Waals surface area contributed by atoms with Crippen LogP contribution in [0.2, 0.25) is 0 Å². The molecule has 1 atom stereocenters. The van der Waals surface area contributed by atoms with E-state index in [2.05, 4.69) is 31.8 Å². The molecule has 29 heavy (non-hydrogen) atoms. The van der Waals surface area contributed by atoms with Crippen LogP contribution in [0.1, 0.15) is 11.6 Å². The minimum absolute atomic E-state index is 0.0560. The van der Waals surface area contributed by atoms with Gasteiger partial charge in [0.2, 0.25) is 0 Å². The van der Waals surface area contributed by atoms with E-state index in [0.29, 0.717) is 17.9 Å². The topological polar surface area (TPSA) is 68.5 Å². The van der Waals surface area contributed by atoms with Gasteiger partial charge in [-0.1, -0.05) is 48.5 Å². The Bertz CT molecular complexity index is 1300. The van der Waals surface area contributed by atoms with E-state index in [1.807, 2.05) is 71.7 Å². The summed E-state index contributed by atoms with van der Waals surface area (Å²) < 4.78 is 3.95. The maximum Gasteiger partial charge on any atom is 0.259 e. The number of H-pyrrole nitrogens is 1. The smallest absolute Gasteiger partial charge is 0.259 e. The summed E-state index contributed by atoms with van der Waals surface area (Å²) in [6.07, 6.45) is 7.37. The number of rotatable bonds is 5. The van der Waals surface area contributed by atoms with Gasteiger partial charge in [-0.2, -0.15) is 5.10 Å². The number of pyridine rings is 1. The van der Waals surface area contributed by atoms with Gasteiger partial charge in [0, 0.05) is 30.3 Å². The second kappa shape index (κ2) is 7.24. The lowest BCUT2D eigenvalue weighted by molar-refractivity contribution is 0.465. The Morgan fingerprint density at radius 3 is 2.59 bits per heavy atom. The molecule has 0 spiro atoms. The highest BCUT2D eigenvalue weighted by atomic mass is 16.1. The summed E-state index contributed by atoms with van der Waals surface area (Å²) in [5, 5.41) is 5.34. The third-order valence-corrected chi connectivity index (χ3v) is 5.10. The molecule has 0 radical (unpaired) electrons. The number of nitrogens with zero attached hydrogens (tertiary/aromatic N) is 4. The predicted octanol–water partition coefficient (Wildman–Crippen LogP) is 3.88. The predicted molar refractivity (Wildman–Crippen MR) is 113 cm³/mol. The molecule has 0 aliphatic carbocycles. The fourth-order valence-electron chi connectivity index (χ4n) is 3.70. The zero-order valence-corrected chi connectivity index (χ0v) is 15.6. The maximum atomic E-state index is 12.8. The van der Waals surface area contributed by atoms with Gasteiger partial charge in [0.1, 0.15) is 5.82 Å². The number of hydrogen-bond donors (Lipinski definition) is 1. The van der Waals surface area contributed by atoms with Crippen molar-refractivity contribution in [2.75, 3.05) is 0 Å². The van der Waals surface area contributed by atoms with Crippen LogP contribution in [0.3, 0.4) is 0 Å². The van der Waals surface area contributed by atoms with Gasteiger partial charge in [0.05, 0.1) is 18.2 Å². The summed E-state index contributed by atoms with van der Waals surface area (Å²) in [5.41, 5.74) is 2.34. The van der Waals surface area contributed by atoms with Crippen LogP contribution >= 0.6 is 0 Å². The Balaban J connectivity index is 1.66. The largest absolute Gasteiger partial charge is 0.321 e. The van der Waals surface area contributed by atoms with E-state index in [-0.39, 0.29) is 11.6 Å². The third kappa shape index (κ3) is 3.25. The van der Waals surface area contributed by atoms with Crippen LogP contribution in [-0.2, 0) is 6.54 Å². The van der Waals surface area contributed by atoms with E-state index in [1.54, 1.807) is 12.4 Å². The van der Waals surface area contributed by atoms with Crippen LogP contribution < -0.4 is 5.56 Å². The normalized spacial score (nSPS) is 12.3. The number of para-hydroxylation sites is 1. The van der Waals surface area contributed by atoms with Crippen LogP contribution in [-0.4, -0.2) is 24.3 Å². The molecule has 0 aliphatic heterocycles. The Morgan fingerprint density at radius 1 is 0.931 bits per heavy atom. The van der Waals surface area contributed by atoms with Crippen molar-refractivity contribution in [2.45, 2.75) is 12.6 Å². The Labute approximate surface area is 167 Å². The zero-order chi connectivity index (χ0) is 19.6. The molecule has 0 saturated carbocycles. The van der Waals surface area contributed by atoms with Crippen molar-refractivity contribution < 1.29 is 0 Å². The first-order valence-electron chi connectivity index (χ1n) is 9.47. The maximum absolute atomic E-state index is 12.8. The lowest BCUT2D eigenvalue weighted by Gasteiger charge is -2.21. The van der Waals surface area contributed by atoms with Crippen molar-refractivity contribution in [2.24, 2.45) is 0 Å². The monoisotopic (exact) mass is 381 g/mol. The molecule has 1 N–H and O–H groups in total. The molecule has 2 aromatic carbocycles. The first-order valence-corrected chi connectivity index (χ1v) is 9.47. The number of hydrogen-bond acceptors (Lipinski definition) is 3. The molecule has 0 amide bonds. The van der Waals surface area contributed by atoms with Crippen LogP contribution in [0.25, 0.3) is 22.3 Å². The van der Waals surface area contributed by atoms with Crippen LogP contribution in [0, 0.1) is 0 Å². The molecule has 0 saturated heterocycles. The fraction of sp³-hybridized carbons (Fsp3) is 0.0870. The van der Waals surface area contributed by atoms with E-state index < -0.39 is 0 Å². The highest BCUT2D eigenvalue weighted by Gasteiger charge is 2.20. The van der Waals surface area contributed by atoms with E-state index in [0.717, 1.165) is 16.5 Å². The van der Waals surface area contributed by atoms with Gasteiger partial charge in [-0.05, 0) is 29.1 Å². The lowest BCUT2D eigenvalue weighted by atomic mass is 10.1. The minimum Gasteiger partial charge on any atom is -0.321 e. The molecule has 5 aromatic rings. The van der Waals surface area contributed by atoms with Gasteiger partial charge in [0.25, 0.3) is 5.56 Å². The van der Waals surface area contributed by atoms with E-state index >= 15 is 0 Å². The Morgan fingerprint density at radius 2 is 1.76 bits per heavy atom. The molecule has 3 heterocycles. The number of imidazole rings is 1. The van der Waals surface area contributed by atoms with Crippen LogP contribution in [0.4, 0.5) is 0 Å². The Kier molecular flexibility index (Phi) is 4.29. The highest BCUT2D eigenvalue weighted by molar-refractivity contribution is 5.82. The van der Waals surface area contributed by atoms with Gasteiger partial charge in [0.15, 0.2) is 0 Å². The SMILES string of the molecule is O=c1[nH]c2ccccc2cc1-c1nccn1[C@@H](Cn1cccn1)c1ccccc1. The molecular formula is C23H19N5O. The van der Waals surface area contributed by atoms with Crippen molar-refractivity contribution in [3.63, 3.8) is 0 Å². The number of fused-ring (bicyclic) bond motifs is 1. The van der Waals surface area contributed by atoms with Gasteiger partial charge in [-0.15, -0.1) is 0 Å².